The fraction of sp³-hybridized carbons (Fsp3) is 1.00. The maximum Gasteiger partial charge on any atom is 0.0341 e. The van der Waals surface area contributed by atoms with Crippen LogP contribution in [-0.4, -0.2) is 5.38 Å². The third-order valence-corrected chi connectivity index (χ3v) is 3.28. The molecule has 1 heteroatoms. The Kier molecular flexibility index (Phi) is 3.24. The molecule has 0 amide bonds. The van der Waals surface area contributed by atoms with Crippen molar-refractivity contribution in [1.82, 2.24) is 0 Å². The van der Waals surface area contributed by atoms with Crippen LogP contribution in [-0.2, 0) is 0 Å². The average Bonchev–Trinajstić information content (AvgIpc) is 2.28. The zero-order valence-corrected chi connectivity index (χ0v) is 8.45. The van der Waals surface area contributed by atoms with Gasteiger partial charge >= 0.3 is 0 Å². The van der Waals surface area contributed by atoms with Crippen molar-refractivity contribution in [2.75, 3.05) is 0 Å². The maximum atomic E-state index is 6.08. The van der Waals surface area contributed by atoms with E-state index in [1.54, 1.807) is 0 Å². The number of rotatable bonds is 3. The van der Waals surface area contributed by atoms with E-state index in [2.05, 4.69) is 13.8 Å². The van der Waals surface area contributed by atoms with E-state index in [4.69, 9.17) is 11.6 Å². The van der Waals surface area contributed by atoms with E-state index >= 15 is 0 Å². The molecule has 0 aliphatic heterocycles. The fourth-order valence-corrected chi connectivity index (χ4v) is 2.56. The van der Waals surface area contributed by atoms with E-state index in [-0.39, 0.29) is 0 Å². The van der Waals surface area contributed by atoms with Crippen LogP contribution >= 0.6 is 11.6 Å². The van der Waals surface area contributed by atoms with Gasteiger partial charge in [-0.1, -0.05) is 26.7 Å². The van der Waals surface area contributed by atoms with Gasteiger partial charge in [0.2, 0.25) is 0 Å². The molecule has 2 atom stereocenters. The van der Waals surface area contributed by atoms with E-state index < -0.39 is 0 Å². The molecule has 0 heterocycles. The number of halogens is 1. The topological polar surface area (TPSA) is 0 Å². The molecule has 1 fully saturated rings. The predicted octanol–water partition coefficient (Wildman–Crippen LogP) is 3.97. The maximum absolute atomic E-state index is 6.08. The molecule has 66 valence electrons. The summed E-state index contributed by atoms with van der Waals surface area (Å²) in [6, 6.07) is 0. The van der Waals surface area contributed by atoms with Crippen molar-refractivity contribution in [2.45, 2.75) is 57.7 Å². The minimum atomic E-state index is 0.469. The van der Waals surface area contributed by atoms with Gasteiger partial charge in [-0.05, 0) is 31.1 Å². The highest BCUT2D eigenvalue weighted by Crippen LogP contribution is 2.43. The summed E-state index contributed by atoms with van der Waals surface area (Å²) < 4.78 is 0. The standard InChI is InChI=1S/C10H19Cl/c1-3-4-6-10(2)7-5-9(11)8-10/h9H,3-8H2,1-2H3. The minimum absolute atomic E-state index is 0.469. The van der Waals surface area contributed by atoms with Gasteiger partial charge in [0.15, 0.2) is 0 Å². The molecule has 1 saturated carbocycles. The predicted molar refractivity (Wildman–Crippen MR) is 51.1 cm³/mol. The van der Waals surface area contributed by atoms with Gasteiger partial charge in [0.25, 0.3) is 0 Å². The summed E-state index contributed by atoms with van der Waals surface area (Å²) in [7, 11) is 0. The molecular formula is C10H19Cl. The molecule has 1 aliphatic carbocycles. The SMILES string of the molecule is CCCCC1(C)CCC(Cl)C1. The van der Waals surface area contributed by atoms with Crippen LogP contribution in [0.1, 0.15) is 52.4 Å². The molecule has 2 unspecified atom stereocenters. The third-order valence-electron chi connectivity index (χ3n) is 2.91. The Morgan fingerprint density at radius 2 is 2.27 bits per heavy atom. The summed E-state index contributed by atoms with van der Waals surface area (Å²) in [5.41, 5.74) is 0.586. The van der Waals surface area contributed by atoms with Crippen molar-refractivity contribution >= 4 is 11.6 Å². The molecule has 0 bridgehead atoms. The lowest BCUT2D eigenvalue weighted by molar-refractivity contribution is 0.299. The molecule has 0 N–H and O–H groups in total. The summed E-state index contributed by atoms with van der Waals surface area (Å²) in [4.78, 5) is 0. The molecule has 0 radical (unpaired) electrons. The van der Waals surface area contributed by atoms with Crippen molar-refractivity contribution in [3.8, 4) is 0 Å². The number of unbranched alkanes of at least 4 members (excludes halogenated alkanes) is 1. The Hall–Kier alpha value is 0.290. The Labute approximate surface area is 75.3 Å². The van der Waals surface area contributed by atoms with Crippen LogP contribution in [0.15, 0.2) is 0 Å². The summed E-state index contributed by atoms with van der Waals surface area (Å²) in [6.07, 6.45) is 7.91. The van der Waals surface area contributed by atoms with Crippen LogP contribution in [0.3, 0.4) is 0 Å². The Balaban J connectivity index is 2.29. The van der Waals surface area contributed by atoms with Crippen LogP contribution in [0.25, 0.3) is 0 Å². The zero-order chi connectivity index (χ0) is 8.32. The molecule has 1 rings (SSSR count). The first-order chi connectivity index (χ1) is 5.16. The zero-order valence-electron chi connectivity index (χ0n) is 7.70. The highest BCUT2D eigenvalue weighted by atomic mass is 35.5. The summed E-state index contributed by atoms with van der Waals surface area (Å²) in [6.45, 7) is 4.65. The van der Waals surface area contributed by atoms with E-state index in [1.807, 2.05) is 0 Å². The van der Waals surface area contributed by atoms with Crippen LogP contribution in [0.5, 0.6) is 0 Å². The van der Waals surface area contributed by atoms with Crippen LogP contribution in [0.2, 0.25) is 0 Å². The van der Waals surface area contributed by atoms with Gasteiger partial charge in [0.1, 0.15) is 0 Å². The third kappa shape index (κ3) is 2.66. The number of hydrogen-bond donors (Lipinski definition) is 0. The lowest BCUT2D eigenvalue weighted by atomic mass is 9.83. The molecule has 0 aromatic carbocycles. The first-order valence-electron chi connectivity index (χ1n) is 4.80. The first kappa shape index (κ1) is 9.38. The van der Waals surface area contributed by atoms with Gasteiger partial charge in [-0.3, -0.25) is 0 Å². The van der Waals surface area contributed by atoms with Crippen LogP contribution in [0.4, 0.5) is 0 Å². The smallest absolute Gasteiger partial charge is 0.0341 e. The molecule has 0 nitrogen and oxygen atoms in total. The normalized spacial score (nSPS) is 37.9. The average molecular weight is 175 g/mol. The van der Waals surface area contributed by atoms with E-state index in [1.165, 1.54) is 38.5 Å². The highest BCUT2D eigenvalue weighted by molar-refractivity contribution is 6.20. The first-order valence-corrected chi connectivity index (χ1v) is 5.24. The summed E-state index contributed by atoms with van der Waals surface area (Å²) in [5, 5.41) is 0.469. The van der Waals surface area contributed by atoms with Crippen molar-refractivity contribution in [3.63, 3.8) is 0 Å². The van der Waals surface area contributed by atoms with Gasteiger partial charge < -0.3 is 0 Å². The lowest BCUT2D eigenvalue weighted by Crippen LogP contribution is -2.11. The molecule has 0 aromatic rings. The van der Waals surface area contributed by atoms with E-state index in [9.17, 15) is 0 Å². The monoisotopic (exact) mass is 174 g/mol. The van der Waals surface area contributed by atoms with Gasteiger partial charge in [-0.2, -0.15) is 0 Å². The van der Waals surface area contributed by atoms with Gasteiger partial charge in [-0.25, -0.2) is 0 Å². The van der Waals surface area contributed by atoms with E-state index in [0.717, 1.165) is 0 Å². The van der Waals surface area contributed by atoms with Crippen molar-refractivity contribution in [3.05, 3.63) is 0 Å². The Bertz CT molecular complexity index is 122. The Morgan fingerprint density at radius 3 is 2.73 bits per heavy atom. The summed E-state index contributed by atoms with van der Waals surface area (Å²) in [5.74, 6) is 0. The van der Waals surface area contributed by atoms with Crippen molar-refractivity contribution < 1.29 is 0 Å². The number of alkyl halides is 1. The molecular weight excluding hydrogens is 156 g/mol. The molecule has 1 aliphatic rings. The lowest BCUT2D eigenvalue weighted by Gasteiger charge is -2.22. The van der Waals surface area contributed by atoms with Crippen LogP contribution < -0.4 is 0 Å². The minimum Gasteiger partial charge on any atom is -0.123 e. The summed E-state index contributed by atoms with van der Waals surface area (Å²) >= 11 is 6.08. The second kappa shape index (κ2) is 3.80. The second-order valence-electron chi connectivity index (χ2n) is 4.25. The van der Waals surface area contributed by atoms with Crippen molar-refractivity contribution in [1.29, 1.82) is 0 Å². The Morgan fingerprint density at radius 1 is 1.55 bits per heavy atom. The van der Waals surface area contributed by atoms with Crippen molar-refractivity contribution in [2.24, 2.45) is 5.41 Å². The molecule has 0 aromatic heterocycles. The van der Waals surface area contributed by atoms with E-state index in [0.29, 0.717) is 10.8 Å². The quantitative estimate of drug-likeness (QED) is 0.568. The van der Waals surface area contributed by atoms with Gasteiger partial charge in [0, 0.05) is 5.38 Å². The fourth-order valence-electron chi connectivity index (χ4n) is 2.07. The van der Waals surface area contributed by atoms with Gasteiger partial charge in [-0.15, -0.1) is 11.6 Å². The van der Waals surface area contributed by atoms with Crippen LogP contribution in [0, 0.1) is 5.41 Å². The second-order valence-corrected chi connectivity index (χ2v) is 4.87. The molecule has 11 heavy (non-hydrogen) atoms. The molecule has 0 saturated heterocycles. The highest BCUT2D eigenvalue weighted by Gasteiger charge is 2.32. The molecule has 0 spiro atoms. The van der Waals surface area contributed by atoms with Gasteiger partial charge in [0.05, 0.1) is 0 Å². The number of hydrogen-bond acceptors (Lipinski definition) is 0. The largest absolute Gasteiger partial charge is 0.123 e.